The minimum Gasteiger partial charge on any atom is -0.310 e. The van der Waals surface area contributed by atoms with Gasteiger partial charge in [-0.2, -0.15) is 0 Å². The molecule has 0 unspecified atom stereocenters. The van der Waals surface area contributed by atoms with E-state index in [-0.39, 0.29) is 5.41 Å². The van der Waals surface area contributed by atoms with Gasteiger partial charge in [0, 0.05) is 22.5 Å². The molecule has 2 aliphatic rings. The number of hydrogen-bond donors (Lipinski definition) is 0. The van der Waals surface area contributed by atoms with Gasteiger partial charge >= 0.3 is 0 Å². The summed E-state index contributed by atoms with van der Waals surface area (Å²) in [6.45, 7) is 4.72. The molecule has 0 aliphatic heterocycles. The molecule has 59 heavy (non-hydrogen) atoms. The van der Waals surface area contributed by atoms with Crippen LogP contribution in [-0.4, -0.2) is 0 Å². The molecule has 0 fully saturated rings. The topological polar surface area (TPSA) is 3.24 Å². The highest BCUT2D eigenvalue weighted by atomic mass is 15.1. The Labute approximate surface area is 347 Å². The highest BCUT2D eigenvalue weighted by Crippen LogP contribution is 2.57. The summed E-state index contributed by atoms with van der Waals surface area (Å²) in [5.74, 6) is 0. The van der Waals surface area contributed by atoms with Crippen molar-refractivity contribution in [2.24, 2.45) is 0 Å². The van der Waals surface area contributed by atoms with E-state index in [0.717, 1.165) is 17.1 Å². The van der Waals surface area contributed by atoms with E-state index in [2.05, 4.69) is 243 Å². The summed E-state index contributed by atoms with van der Waals surface area (Å²) in [5, 5.41) is 0. The maximum absolute atomic E-state index is 2.44. The fraction of sp³-hybridized carbons (Fsp3) is 0.0690. The van der Waals surface area contributed by atoms with Gasteiger partial charge in [0.05, 0.1) is 5.41 Å². The molecule has 9 aromatic rings. The molecule has 0 radical (unpaired) electrons. The first-order chi connectivity index (χ1) is 29.0. The van der Waals surface area contributed by atoms with Crippen molar-refractivity contribution in [2.45, 2.75) is 24.7 Å². The molecule has 280 valence electrons. The summed E-state index contributed by atoms with van der Waals surface area (Å²) in [5.41, 5.74) is 20.9. The maximum atomic E-state index is 2.44. The average molecular weight is 754 g/mol. The first-order valence-electron chi connectivity index (χ1n) is 20.7. The SMILES string of the molecule is CC1(C)c2ccc(-c3ccc(N(c4ccccc4)c4ccc5c(c4)C(c4ccccc4)(c4ccccc4)c4ccccc4-5)cc3)cc2-c2c(-c3ccccc3)cccc21. The molecule has 11 rings (SSSR count). The Morgan fingerprint density at radius 3 is 1.53 bits per heavy atom. The van der Waals surface area contributed by atoms with Gasteiger partial charge in [0.1, 0.15) is 0 Å². The van der Waals surface area contributed by atoms with Crippen molar-refractivity contribution < 1.29 is 0 Å². The third-order valence-electron chi connectivity index (χ3n) is 13.0. The summed E-state index contributed by atoms with van der Waals surface area (Å²) in [7, 11) is 0. The van der Waals surface area contributed by atoms with Crippen LogP contribution < -0.4 is 4.90 Å². The first kappa shape index (κ1) is 35.0. The van der Waals surface area contributed by atoms with E-state index in [0.29, 0.717) is 0 Å². The van der Waals surface area contributed by atoms with Crippen LogP contribution >= 0.6 is 0 Å². The lowest BCUT2D eigenvalue weighted by Gasteiger charge is -2.35. The average Bonchev–Trinajstić information content (AvgIpc) is 3.73. The van der Waals surface area contributed by atoms with Gasteiger partial charge in [0.15, 0.2) is 0 Å². The minimum absolute atomic E-state index is 0.0795. The van der Waals surface area contributed by atoms with Crippen LogP contribution in [-0.2, 0) is 10.8 Å². The third kappa shape index (κ3) is 5.39. The second-order valence-corrected chi connectivity index (χ2v) is 16.5. The molecule has 0 heterocycles. The second-order valence-electron chi connectivity index (χ2n) is 16.5. The first-order valence-corrected chi connectivity index (χ1v) is 20.7. The molecule has 0 N–H and O–H groups in total. The van der Waals surface area contributed by atoms with Crippen molar-refractivity contribution >= 4 is 17.1 Å². The molecule has 0 spiro atoms. The Morgan fingerprint density at radius 1 is 0.305 bits per heavy atom. The Morgan fingerprint density at radius 2 is 0.831 bits per heavy atom. The summed E-state index contributed by atoms with van der Waals surface area (Å²) in [6.07, 6.45) is 0. The van der Waals surface area contributed by atoms with Crippen LogP contribution in [0, 0.1) is 0 Å². The molecule has 0 aromatic heterocycles. The number of anilines is 3. The number of nitrogens with zero attached hydrogens (tertiary/aromatic N) is 1. The Kier molecular flexibility index (Phi) is 8.13. The van der Waals surface area contributed by atoms with E-state index >= 15 is 0 Å². The van der Waals surface area contributed by atoms with Crippen LogP contribution in [0.5, 0.6) is 0 Å². The van der Waals surface area contributed by atoms with Crippen LogP contribution in [0.4, 0.5) is 17.1 Å². The van der Waals surface area contributed by atoms with Crippen LogP contribution in [0.2, 0.25) is 0 Å². The van der Waals surface area contributed by atoms with Gasteiger partial charge < -0.3 is 4.90 Å². The number of rotatable bonds is 7. The fourth-order valence-corrected chi connectivity index (χ4v) is 10.2. The Bertz CT molecular complexity index is 2940. The van der Waals surface area contributed by atoms with E-state index in [4.69, 9.17) is 0 Å². The number of fused-ring (bicyclic) bond motifs is 6. The zero-order valence-electron chi connectivity index (χ0n) is 33.3. The predicted molar refractivity (Wildman–Crippen MR) is 247 cm³/mol. The zero-order chi connectivity index (χ0) is 39.6. The lowest BCUT2D eigenvalue weighted by Crippen LogP contribution is -2.28. The van der Waals surface area contributed by atoms with Gasteiger partial charge in [-0.3, -0.25) is 0 Å². The van der Waals surface area contributed by atoms with Gasteiger partial charge in [-0.05, 0) is 120 Å². The molecular formula is C58H43N. The summed E-state index contributed by atoms with van der Waals surface area (Å²) in [4.78, 5) is 2.40. The van der Waals surface area contributed by atoms with Gasteiger partial charge in [-0.15, -0.1) is 0 Å². The van der Waals surface area contributed by atoms with Crippen LogP contribution in [0.3, 0.4) is 0 Å². The monoisotopic (exact) mass is 753 g/mol. The molecule has 2 aliphatic carbocycles. The van der Waals surface area contributed by atoms with Crippen LogP contribution in [0.1, 0.15) is 47.2 Å². The molecule has 9 aromatic carbocycles. The van der Waals surface area contributed by atoms with E-state index in [1.165, 1.54) is 77.9 Å². The quantitative estimate of drug-likeness (QED) is 0.157. The number of para-hydroxylation sites is 1. The molecule has 0 saturated carbocycles. The normalized spacial score (nSPS) is 13.9. The van der Waals surface area contributed by atoms with E-state index in [1.54, 1.807) is 0 Å². The number of hydrogen-bond acceptors (Lipinski definition) is 1. The summed E-state index contributed by atoms with van der Waals surface area (Å²) >= 11 is 0. The van der Waals surface area contributed by atoms with Crippen molar-refractivity contribution in [2.75, 3.05) is 4.90 Å². The zero-order valence-corrected chi connectivity index (χ0v) is 33.3. The maximum Gasteiger partial charge on any atom is 0.0714 e. The predicted octanol–water partition coefficient (Wildman–Crippen LogP) is 15.2. The molecule has 0 bridgehead atoms. The Balaban J connectivity index is 1.04. The van der Waals surface area contributed by atoms with Crippen LogP contribution in [0.25, 0.3) is 44.5 Å². The molecule has 1 heteroatoms. The largest absolute Gasteiger partial charge is 0.310 e. The summed E-state index contributed by atoms with van der Waals surface area (Å²) in [6, 6.07) is 82.8. The minimum atomic E-state index is -0.474. The van der Waals surface area contributed by atoms with Crippen molar-refractivity contribution in [1.29, 1.82) is 0 Å². The van der Waals surface area contributed by atoms with E-state index in [1.807, 2.05) is 0 Å². The smallest absolute Gasteiger partial charge is 0.0714 e. The van der Waals surface area contributed by atoms with Crippen molar-refractivity contribution in [3.05, 3.63) is 258 Å². The van der Waals surface area contributed by atoms with Crippen molar-refractivity contribution in [3.8, 4) is 44.5 Å². The lowest BCUT2D eigenvalue weighted by atomic mass is 9.67. The fourth-order valence-electron chi connectivity index (χ4n) is 10.2. The number of benzene rings is 9. The van der Waals surface area contributed by atoms with E-state index in [9.17, 15) is 0 Å². The van der Waals surface area contributed by atoms with Crippen LogP contribution in [0.15, 0.2) is 224 Å². The molecule has 0 amide bonds. The lowest BCUT2D eigenvalue weighted by molar-refractivity contribution is 0.660. The molecular weight excluding hydrogens is 711 g/mol. The standard InChI is InChI=1S/C58H43N/c1-57(2)52-37-32-42(38-51(52)56-48(27-17-29-54(56)57)41-18-7-3-8-19-41)40-30-33-46(34-31-40)59(45-24-13-6-14-25-45)47-35-36-50-49-26-15-16-28-53(49)58(55(50)39-47,43-20-9-4-10-21-43)44-22-11-5-12-23-44/h3-39H,1-2H3. The van der Waals surface area contributed by atoms with Gasteiger partial charge in [-0.1, -0.05) is 196 Å². The second kappa shape index (κ2) is 13.7. The van der Waals surface area contributed by atoms with Crippen molar-refractivity contribution in [1.82, 2.24) is 0 Å². The van der Waals surface area contributed by atoms with Gasteiger partial charge in [-0.25, -0.2) is 0 Å². The van der Waals surface area contributed by atoms with Gasteiger partial charge in [0.2, 0.25) is 0 Å². The molecule has 0 saturated heterocycles. The highest BCUT2D eigenvalue weighted by molar-refractivity contribution is 5.94. The van der Waals surface area contributed by atoms with Crippen molar-refractivity contribution in [3.63, 3.8) is 0 Å². The third-order valence-corrected chi connectivity index (χ3v) is 13.0. The summed E-state index contributed by atoms with van der Waals surface area (Å²) < 4.78 is 0. The Hall–Kier alpha value is -7.22. The molecule has 1 nitrogen and oxygen atoms in total. The highest BCUT2D eigenvalue weighted by Gasteiger charge is 2.46. The molecule has 0 atom stereocenters. The van der Waals surface area contributed by atoms with Gasteiger partial charge in [0.25, 0.3) is 0 Å². The van der Waals surface area contributed by atoms with E-state index < -0.39 is 5.41 Å².